The van der Waals surface area contributed by atoms with E-state index in [0.717, 1.165) is 57.1 Å². The van der Waals surface area contributed by atoms with E-state index in [9.17, 15) is 14.4 Å². The Kier molecular flexibility index (Phi) is 6.42. The van der Waals surface area contributed by atoms with Gasteiger partial charge in [0.25, 0.3) is 0 Å². The summed E-state index contributed by atoms with van der Waals surface area (Å²) in [6.07, 6.45) is 11.7. The monoisotopic (exact) mass is 366 g/mol. The van der Waals surface area contributed by atoms with E-state index >= 15 is 0 Å². The van der Waals surface area contributed by atoms with Crippen molar-refractivity contribution in [3.8, 4) is 0 Å². The van der Waals surface area contributed by atoms with Gasteiger partial charge in [-0.15, -0.1) is 0 Å². The van der Waals surface area contributed by atoms with Gasteiger partial charge in [0.1, 0.15) is 6.04 Å². The van der Waals surface area contributed by atoms with Crippen LogP contribution in [0, 0.1) is 11.8 Å². The van der Waals surface area contributed by atoms with E-state index in [1.54, 1.807) is 11.8 Å². The number of amides is 3. The van der Waals surface area contributed by atoms with Gasteiger partial charge in [0.2, 0.25) is 17.7 Å². The molecule has 0 aromatic rings. The normalized spacial score (nSPS) is 28.8. The van der Waals surface area contributed by atoms with Crippen molar-refractivity contribution in [2.45, 2.75) is 76.3 Å². The summed E-state index contributed by atoms with van der Waals surface area (Å²) < 4.78 is 0. The van der Waals surface area contributed by atoms with Gasteiger partial charge in [-0.3, -0.25) is 19.3 Å². The molecule has 0 bridgehead atoms. The van der Waals surface area contributed by atoms with Gasteiger partial charge in [-0.25, -0.2) is 0 Å². The highest BCUT2D eigenvalue weighted by Gasteiger charge is 2.51. The van der Waals surface area contributed by atoms with Crippen LogP contribution in [-0.4, -0.2) is 46.7 Å². The summed E-state index contributed by atoms with van der Waals surface area (Å²) in [6, 6.07) is -0.423. The molecule has 1 heterocycles. The van der Waals surface area contributed by atoms with Gasteiger partial charge in [0, 0.05) is 6.04 Å². The molecule has 0 aromatic carbocycles. The second-order valence-corrected chi connectivity index (χ2v) is 8.67. The Bertz CT molecular complexity index is 495. The molecule has 3 fully saturated rings. The smallest absolute Gasteiger partial charge is 0.243 e. The minimum absolute atomic E-state index is 0.0976. The van der Waals surface area contributed by atoms with Crippen LogP contribution in [0.15, 0.2) is 0 Å². The molecule has 3 amide bonds. The molecule has 1 saturated heterocycles. The van der Waals surface area contributed by atoms with Gasteiger partial charge in [0.15, 0.2) is 0 Å². The summed E-state index contributed by atoms with van der Waals surface area (Å²) in [5, 5.41) is 3.13. The number of nitrogens with one attached hydrogen (secondary N) is 1. The Labute approximate surface area is 154 Å². The third-order valence-electron chi connectivity index (χ3n) is 6.04. The first-order chi connectivity index (χ1) is 12.1. The summed E-state index contributed by atoms with van der Waals surface area (Å²) in [5.41, 5.74) is 0. The number of nitrogens with zero attached hydrogens (tertiary/aromatic N) is 1. The largest absolute Gasteiger partial charge is 0.352 e. The highest BCUT2D eigenvalue weighted by Crippen LogP contribution is 2.39. The quantitative estimate of drug-likeness (QED) is 0.734. The lowest BCUT2D eigenvalue weighted by molar-refractivity contribution is -0.148. The maximum absolute atomic E-state index is 12.9. The van der Waals surface area contributed by atoms with Gasteiger partial charge in [-0.05, 0) is 44.1 Å². The highest BCUT2D eigenvalue weighted by atomic mass is 32.2. The molecule has 3 atom stereocenters. The number of carbonyl (C=O) groups excluding carboxylic acids is 3. The molecule has 1 aliphatic heterocycles. The van der Waals surface area contributed by atoms with Crippen LogP contribution in [0.5, 0.6) is 0 Å². The van der Waals surface area contributed by atoms with Gasteiger partial charge in [0.05, 0.1) is 11.8 Å². The molecule has 3 unspecified atom stereocenters. The third-order valence-corrected chi connectivity index (χ3v) is 6.68. The molecule has 140 valence electrons. The van der Waals surface area contributed by atoms with Crippen LogP contribution in [0.1, 0.15) is 64.2 Å². The van der Waals surface area contributed by atoms with E-state index in [1.807, 2.05) is 6.26 Å². The zero-order valence-corrected chi connectivity index (χ0v) is 16.0. The van der Waals surface area contributed by atoms with Crippen molar-refractivity contribution in [3.63, 3.8) is 0 Å². The van der Waals surface area contributed by atoms with Crippen LogP contribution in [-0.2, 0) is 14.4 Å². The molecule has 0 spiro atoms. The minimum atomic E-state index is -0.625. The van der Waals surface area contributed by atoms with E-state index in [-0.39, 0.29) is 35.6 Å². The van der Waals surface area contributed by atoms with Crippen LogP contribution in [0.4, 0.5) is 0 Å². The number of hydrogen-bond donors (Lipinski definition) is 1. The molecule has 0 radical (unpaired) electrons. The van der Waals surface area contributed by atoms with Crippen molar-refractivity contribution in [1.29, 1.82) is 0 Å². The fourth-order valence-electron chi connectivity index (χ4n) is 4.65. The van der Waals surface area contributed by atoms with Crippen LogP contribution < -0.4 is 5.32 Å². The maximum atomic E-state index is 12.9. The number of imide groups is 1. The summed E-state index contributed by atoms with van der Waals surface area (Å²) in [5.74, 6) is 0.0938. The summed E-state index contributed by atoms with van der Waals surface area (Å²) in [4.78, 5) is 40.0. The number of fused-ring (bicyclic) bond motifs is 1. The molecule has 2 aliphatic carbocycles. The summed E-state index contributed by atoms with van der Waals surface area (Å²) >= 11 is 1.65. The first kappa shape index (κ1) is 18.7. The van der Waals surface area contributed by atoms with Crippen LogP contribution >= 0.6 is 11.8 Å². The molecule has 5 nitrogen and oxygen atoms in total. The van der Waals surface area contributed by atoms with Crippen molar-refractivity contribution in [2.75, 3.05) is 12.0 Å². The zero-order chi connectivity index (χ0) is 17.8. The molecule has 6 heteroatoms. The molecule has 2 saturated carbocycles. The second kappa shape index (κ2) is 8.56. The average Bonchev–Trinajstić information content (AvgIpc) is 2.88. The number of thioether (sulfide) groups is 1. The fraction of sp³-hybridized carbons (Fsp3) is 0.842. The lowest BCUT2D eigenvalue weighted by Gasteiger charge is -2.29. The number of rotatable bonds is 6. The first-order valence-electron chi connectivity index (χ1n) is 9.79. The molecular formula is C19H30N2O3S. The van der Waals surface area contributed by atoms with Gasteiger partial charge in [-0.1, -0.05) is 32.1 Å². The standard InChI is InChI=1S/C19H30N2O3S/c1-25-12-11-16(17(22)20-13-7-3-2-4-8-13)21-18(23)14-9-5-6-10-15(14)19(21)24/h13-16H,2-12H2,1H3,(H,20,22). The SMILES string of the molecule is CSCCC(C(=O)NC1CCCCC1)N1C(=O)C2CCCCC2C1=O. The van der Waals surface area contributed by atoms with E-state index in [2.05, 4.69) is 5.32 Å². The predicted octanol–water partition coefficient (Wildman–Crippen LogP) is 2.73. The van der Waals surface area contributed by atoms with Crippen molar-refractivity contribution >= 4 is 29.5 Å². The van der Waals surface area contributed by atoms with Gasteiger partial charge in [-0.2, -0.15) is 11.8 Å². The van der Waals surface area contributed by atoms with Crippen LogP contribution in [0.25, 0.3) is 0 Å². The van der Waals surface area contributed by atoms with Crippen molar-refractivity contribution < 1.29 is 14.4 Å². The Hall–Kier alpha value is -1.04. The van der Waals surface area contributed by atoms with E-state index < -0.39 is 6.04 Å². The van der Waals surface area contributed by atoms with Crippen LogP contribution in [0.3, 0.4) is 0 Å². The van der Waals surface area contributed by atoms with Crippen molar-refractivity contribution in [1.82, 2.24) is 10.2 Å². The molecule has 3 aliphatic rings. The zero-order valence-electron chi connectivity index (χ0n) is 15.2. The topological polar surface area (TPSA) is 66.5 Å². The Morgan fingerprint density at radius 1 is 1.04 bits per heavy atom. The van der Waals surface area contributed by atoms with E-state index in [0.29, 0.717) is 6.42 Å². The molecule has 25 heavy (non-hydrogen) atoms. The summed E-state index contributed by atoms with van der Waals surface area (Å²) in [7, 11) is 0. The first-order valence-corrected chi connectivity index (χ1v) is 11.2. The van der Waals surface area contributed by atoms with E-state index in [1.165, 1.54) is 11.3 Å². The maximum Gasteiger partial charge on any atom is 0.243 e. The van der Waals surface area contributed by atoms with Gasteiger partial charge < -0.3 is 5.32 Å². The molecule has 3 rings (SSSR count). The number of likely N-dealkylation sites (tertiary alicyclic amines) is 1. The van der Waals surface area contributed by atoms with Gasteiger partial charge >= 0.3 is 0 Å². The Balaban J connectivity index is 1.73. The lowest BCUT2D eigenvalue weighted by atomic mass is 9.81. The molecule has 1 N–H and O–H groups in total. The predicted molar refractivity (Wildman–Crippen MR) is 99.1 cm³/mol. The summed E-state index contributed by atoms with van der Waals surface area (Å²) in [6.45, 7) is 0. The lowest BCUT2D eigenvalue weighted by Crippen LogP contribution is -2.52. The van der Waals surface area contributed by atoms with E-state index in [4.69, 9.17) is 0 Å². The second-order valence-electron chi connectivity index (χ2n) is 7.68. The fourth-order valence-corrected chi connectivity index (χ4v) is 5.11. The third kappa shape index (κ3) is 4.04. The number of hydrogen-bond acceptors (Lipinski definition) is 4. The molecule has 0 aromatic heterocycles. The highest BCUT2D eigenvalue weighted by molar-refractivity contribution is 7.98. The van der Waals surface area contributed by atoms with Crippen LogP contribution in [0.2, 0.25) is 0 Å². The molecular weight excluding hydrogens is 336 g/mol. The minimum Gasteiger partial charge on any atom is -0.352 e. The van der Waals surface area contributed by atoms with Crippen molar-refractivity contribution in [3.05, 3.63) is 0 Å². The Morgan fingerprint density at radius 3 is 2.16 bits per heavy atom. The number of carbonyl (C=O) groups is 3. The Morgan fingerprint density at radius 2 is 1.60 bits per heavy atom. The average molecular weight is 367 g/mol. The van der Waals surface area contributed by atoms with Crippen molar-refractivity contribution in [2.24, 2.45) is 11.8 Å².